The Morgan fingerprint density at radius 3 is 2.81 bits per heavy atom. The zero-order valence-corrected chi connectivity index (χ0v) is 16.2. The van der Waals surface area contributed by atoms with E-state index in [1.54, 1.807) is 13.3 Å². The largest absolute Gasteiger partial charge is 0.497 e. The molecule has 1 atom stereocenters. The fourth-order valence-corrected chi connectivity index (χ4v) is 3.41. The van der Waals surface area contributed by atoms with Crippen molar-refractivity contribution in [1.82, 2.24) is 15.3 Å². The van der Waals surface area contributed by atoms with Crippen LogP contribution in [0.5, 0.6) is 5.75 Å². The summed E-state index contributed by atoms with van der Waals surface area (Å²) in [5.41, 5.74) is 3.22. The second-order valence-electron chi connectivity index (χ2n) is 7.13. The van der Waals surface area contributed by atoms with Gasteiger partial charge in [-0.1, -0.05) is 19.9 Å². The average Bonchev–Trinajstić information content (AvgIpc) is 3.09. The maximum absolute atomic E-state index is 12.5. The summed E-state index contributed by atoms with van der Waals surface area (Å²) in [5.74, 6) is 1.38. The molecular weight excluding hydrogens is 338 g/mol. The molecule has 0 aliphatic rings. The van der Waals surface area contributed by atoms with Crippen LogP contribution in [0.1, 0.15) is 37.4 Å². The molecule has 5 nitrogen and oxygen atoms in total. The van der Waals surface area contributed by atoms with E-state index >= 15 is 0 Å². The van der Waals surface area contributed by atoms with Crippen LogP contribution in [0.3, 0.4) is 0 Å². The second-order valence-corrected chi connectivity index (χ2v) is 7.13. The van der Waals surface area contributed by atoms with Crippen molar-refractivity contribution in [3.63, 3.8) is 0 Å². The Hall–Kier alpha value is -2.82. The quantitative estimate of drug-likeness (QED) is 0.632. The molecule has 27 heavy (non-hydrogen) atoms. The van der Waals surface area contributed by atoms with E-state index < -0.39 is 0 Å². The number of carbonyl (C=O) groups is 1. The van der Waals surface area contributed by atoms with E-state index in [1.807, 2.05) is 42.6 Å². The van der Waals surface area contributed by atoms with Gasteiger partial charge in [0.1, 0.15) is 5.75 Å². The van der Waals surface area contributed by atoms with Crippen LogP contribution < -0.4 is 10.1 Å². The Morgan fingerprint density at radius 2 is 2.11 bits per heavy atom. The van der Waals surface area contributed by atoms with E-state index in [4.69, 9.17) is 4.74 Å². The summed E-state index contributed by atoms with van der Waals surface area (Å²) in [6.45, 7) is 4.91. The molecular formula is C22H27N3O2. The van der Waals surface area contributed by atoms with Gasteiger partial charge in [-0.25, -0.2) is 0 Å². The van der Waals surface area contributed by atoms with E-state index in [2.05, 4.69) is 29.1 Å². The van der Waals surface area contributed by atoms with Crippen LogP contribution in [-0.4, -0.2) is 29.5 Å². The van der Waals surface area contributed by atoms with Crippen LogP contribution in [0.2, 0.25) is 0 Å². The number of nitrogens with zero attached hydrogens (tertiary/aromatic N) is 1. The van der Waals surface area contributed by atoms with Crippen LogP contribution in [0, 0.1) is 5.92 Å². The number of H-pyrrole nitrogens is 1. The number of benzene rings is 1. The maximum Gasteiger partial charge on any atom is 0.220 e. The van der Waals surface area contributed by atoms with Crippen molar-refractivity contribution in [2.75, 3.05) is 13.7 Å². The van der Waals surface area contributed by atoms with Crippen molar-refractivity contribution in [1.29, 1.82) is 0 Å². The lowest BCUT2D eigenvalue weighted by Gasteiger charge is -2.20. The molecule has 0 saturated heterocycles. The zero-order chi connectivity index (χ0) is 19.2. The third-order valence-corrected chi connectivity index (χ3v) is 4.96. The lowest BCUT2D eigenvalue weighted by atomic mass is 9.85. The van der Waals surface area contributed by atoms with Gasteiger partial charge in [0.15, 0.2) is 0 Å². The third kappa shape index (κ3) is 4.67. The van der Waals surface area contributed by atoms with E-state index in [1.165, 1.54) is 5.56 Å². The van der Waals surface area contributed by atoms with Crippen molar-refractivity contribution in [2.24, 2.45) is 5.92 Å². The summed E-state index contributed by atoms with van der Waals surface area (Å²) in [6, 6.07) is 11.8. The highest BCUT2D eigenvalue weighted by Gasteiger charge is 2.22. The van der Waals surface area contributed by atoms with Crippen LogP contribution in [0.15, 0.2) is 48.8 Å². The molecule has 1 amide bonds. The number of nitrogens with one attached hydrogen (secondary N) is 2. The molecule has 2 aromatic heterocycles. The van der Waals surface area contributed by atoms with Gasteiger partial charge in [0.05, 0.1) is 7.11 Å². The van der Waals surface area contributed by atoms with E-state index in [0.29, 0.717) is 18.9 Å². The molecule has 0 fully saturated rings. The first-order chi connectivity index (χ1) is 13.1. The first kappa shape index (κ1) is 19.0. The number of hydrogen-bond acceptors (Lipinski definition) is 3. The topological polar surface area (TPSA) is 67.0 Å². The Balaban J connectivity index is 1.68. The molecule has 2 N–H and O–H groups in total. The molecule has 0 bridgehead atoms. The molecule has 3 aromatic rings. The van der Waals surface area contributed by atoms with E-state index in [0.717, 1.165) is 28.8 Å². The zero-order valence-electron chi connectivity index (χ0n) is 16.2. The second kappa shape index (κ2) is 8.71. The minimum absolute atomic E-state index is 0.0712. The van der Waals surface area contributed by atoms with Gasteiger partial charge in [-0.05, 0) is 47.7 Å². The van der Waals surface area contributed by atoms with Crippen molar-refractivity contribution >= 4 is 16.8 Å². The number of rotatable bonds is 8. The molecule has 1 aromatic carbocycles. The standard InChI is InChI=1S/C22H27N3O2/c1-15(2)18(13-22(26)24-11-9-16-6-4-5-10-23-16)20-14-25-21-8-7-17(27-3)12-19(20)21/h4-8,10,12,14-15,18,25H,9,11,13H2,1-3H3,(H,24,26)/t18-/m1/s1. The van der Waals surface area contributed by atoms with Crippen LogP contribution in [-0.2, 0) is 11.2 Å². The van der Waals surface area contributed by atoms with Gasteiger partial charge >= 0.3 is 0 Å². The van der Waals surface area contributed by atoms with Crippen LogP contribution >= 0.6 is 0 Å². The Kier molecular flexibility index (Phi) is 6.12. The van der Waals surface area contributed by atoms with Crippen LogP contribution in [0.25, 0.3) is 10.9 Å². The van der Waals surface area contributed by atoms with Gasteiger partial charge in [-0.2, -0.15) is 0 Å². The number of carbonyl (C=O) groups excluding carboxylic acids is 1. The van der Waals surface area contributed by atoms with Gasteiger partial charge < -0.3 is 15.0 Å². The number of pyridine rings is 1. The Morgan fingerprint density at radius 1 is 1.26 bits per heavy atom. The predicted molar refractivity (Wildman–Crippen MR) is 108 cm³/mol. The maximum atomic E-state index is 12.5. The average molecular weight is 365 g/mol. The summed E-state index contributed by atoms with van der Waals surface area (Å²) < 4.78 is 5.36. The molecule has 0 aliphatic carbocycles. The molecule has 0 aliphatic heterocycles. The molecule has 142 valence electrons. The highest BCUT2D eigenvalue weighted by atomic mass is 16.5. The van der Waals surface area contributed by atoms with Gasteiger partial charge in [0.2, 0.25) is 5.91 Å². The highest BCUT2D eigenvalue weighted by Crippen LogP contribution is 2.34. The summed E-state index contributed by atoms with van der Waals surface area (Å²) in [6.07, 6.45) is 5.00. The van der Waals surface area contributed by atoms with Crippen LogP contribution in [0.4, 0.5) is 0 Å². The Labute approximate surface area is 160 Å². The van der Waals surface area contributed by atoms with Crippen molar-refractivity contribution in [3.8, 4) is 5.75 Å². The van der Waals surface area contributed by atoms with Crippen molar-refractivity contribution < 1.29 is 9.53 Å². The van der Waals surface area contributed by atoms with E-state index in [9.17, 15) is 4.79 Å². The number of hydrogen-bond donors (Lipinski definition) is 2. The molecule has 0 radical (unpaired) electrons. The number of fused-ring (bicyclic) bond motifs is 1. The molecule has 0 saturated carbocycles. The highest BCUT2D eigenvalue weighted by molar-refractivity contribution is 5.86. The molecule has 2 heterocycles. The first-order valence-electron chi connectivity index (χ1n) is 9.40. The fraction of sp³-hybridized carbons (Fsp3) is 0.364. The van der Waals surface area contributed by atoms with Gasteiger partial charge in [0.25, 0.3) is 0 Å². The summed E-state index contributed by atoms with van der Waals surface area (Å²) in [7, 11) is 1.67. The lowest BCUT2D eigenvalue weighted by molar-refractivity contribution is -0.121. The summed E-state index contributed by atoms with van der Waals surface area (Å²) in [5, 5.41) is 4.15. The first-order valence-corrected chi connectivity index (χ1v) is 9.40. The lowest BCUT2D eigenvalue weighted by Crippen LogP contribution is -2.28. The molecule has 0 spiro atoms. The Bertz CT molecular complexity index is 887. The fourth-order valence-electron chi connectivity index (χ4n) is 3.41. The van der Waals surface area contributed by atoms with Gasteiger partial charge in [-0.15, -0.1) is 0 Å². The number of ether oxygens (including phenoxy) is 1. The molecule has 3 rings (SSSR count). The predicted octanol–water partition coefficient (Wildman–Crippen LogP) is 4.06. The SMILES string of the molecule is COc1ccc2[nH]cc([C@H](CC(=O)NCCc3ccccn3)C(C)C)c2c1. The number of methoxy groups -OCH3 is 1. The summed E-state index contributed by atoms with van der Waals surface area (Å²) >= 11 is 0. The monoisotopic (exact) mass is 365 g/mol. The third-order valence-electron chi connectivity index (χ3n) is 4.96. The minimum atomic E-state index is 0.0712. The van der Waals surface area contributed by atoms with Crippen molar-refractivity contribution in [2.45, 2.75) is 32.6 Å². The number of aromatic nitrogens is 2. The van der Waals surface area contributed by atoms with Gasteiger partial charge in [0, 0.05) is 48.4 Å². The smallest absolute Gasteiger partial charge is 0.220 e. The molecule has 0 unspecified atom stereocenters. The normalized spacial score (nSPS) is 12.3. The minimum Gasteiger partial charge on any atom is -0.497 e. The van der Waals surface area contributed by atoms with Crippen molar-refractivity contribution in [3.05, 3.63) is 60.0 Å². The number of amides is 1. The summed E-state index contributed by atoms with van der Waals surface area (Å²) in [4.78, 5) is 20.1. The molecule has 5 heteroatoms. The van der Waals surface area contributed by atoms with E-state index in [-0.39, 0.29) is 11.8 Å². The van der Waals surface area contributed by atoms with Gasteiger partial charge in [-0.3, -0.25) is 9.78 Å². The number of aromatic amines is 1.